The summed E-state index contributed by atoms with van der Waals surface area (Å²) in [6.07, 6.45) is 4.39. The van der Waals surface area contributed by atoms with Gasteiger partial charge < -0.3 is 20.1 Å². The summed E-state index contributed by atoms with van der Waals surface area (Å²) < 4.78 is 5.72. The van der Waals surface area contributed by atoms with Gasteiger partial charge in [0.05, 0.1) is 11.1 Å². The van der Waals surface area contributed by atoms with Crippen LogP contribution < -0.4 is 10.1 Å². The Morgan fingerprint density at radius 1 is 1.09 bits per heavy atom. The first-order valence-electron chi connectivity index (χ1n) is 12.3. The first-order valence-corrected chi connectivity index (χ1v) is 12.3. The van der Waals surface area contributed by atoms with Gasteiger partial charge in [0.1, 0.15) is 11.8 Å². The number of carboxylic acid groups (broad SMARTS) is 1. The molecule has 0 radical (unpaired) electrons. The molecular formula is C28H36N2O5. The SMILES string of the molecule is CCC1(c2cccc(OC(=O)c3ccccc3C(=O)NC(C(=O)O)C(C)C)c2)CCCCN(C)C1. The topological polar surface area (TPSA) is 95.9 Å². The van der Waals surface area contributed by atoms with E-state index in [9.17, 15) is 19.5 Å². The maximum absolute atomic E-state index is 13.1. The van der Waals surface area contributed by atoms with E-state index in [-0.39, 0.29) is 22.5 Å². The molecule has 2 atom stereocenters. The average molecular weight is 481 g/mol. The molecule has 1 heterocycles. The van der Waals surface area contributed by atoms with Crippen LogP contribution in [-0.4, -0.2) is 54.0 Å². The Kier molecular flexibility index (Phi) is 8.67. The summed E-state index contributed by atoms with van der Waals surface area (Å²) in [4.78, 5) is 39.8. The van der Waals surface area contributed by atoms with Crippen LogP contribution in [0.5, 0.6) is 5.75 Å². The number of rotatable bonds is 8. The lowest BCUT2D eigenvalue weighted by Gasteiger charge is -2.35. The number of nitrogens with zero attached hydrogens (tertiary/aromatic N) is 1. The van der Waals surface area contributed by atoms with Crippen LogP contribution in [0.25, 0.3) is 0 Å². The Hall–Kier alpha value is -3.19. The van der Waals surface area contributed by atoms with E-state index in [1.54, 1.807) is 32.0 Å². The molecule has 2 aromatic carbocycles. The van der Waals surface area contributed by atoms with Gasteiger partial charge in [-0.1, -0.05) is 51.5 Å². The minimum Gasteiger partial charge on any atom is -0.480 e. The van der Waals surface area contributed by atoms with Crippen molar-refractivity contribution in [2.75, 3.05) is 20.1 Å². The lowest BCUT2D eigenvalue weighted by molar-refractivity contribution is -0.140. The van der Waals surface area contributed by atoms with Gasteiger partial charge in [0.15, 0.2) is 0 Å². The second-order valence-corrected chi connectivity index (χ2v) is 9.83. The lowest BCUT2D eigenvalue weighted by Crippen LogP contribution is -2.44. The summed E-state index contributed by atoms with van der Waals surface area (Å²) in [5, 5.41) is 11.9. The molecule has 0 saturated carbocycles. The van der Waals surface area contributed by atoms with Crippen molar-refractivity contribution in [2.45, 2.75) is 57.9 Å². The van der Waals surface area contributed by atoms with E-state index in [1.807, 2.05) is 12.1 Å². The minimum absolute atomic E-state index is 0.00580. The van der Waals surface area contributed by atoms with Crippen LogP contribution in [0.4, 0.5) is 0 Å². The second kappa shape index (κ2) is 11.5. The lowest BCUT2D eigenvalue weighted by atomic mass is 9.74. The number of nitrogens with one attached hydrogen (secondary N) is 1. The van der Waals surface area contributed by atoms with Crippen LogP contribution in [0.2, 0.25) is 0 Å². The molecule has 35 heavy (non-hydrogen) atoms. The summed E-state index contributed by atoms with van der Waals surface area (Å²) in [7, 11) is 2.15. The monoisotopic (exact) mass is 480 g/mol. The Labute approximate surface area is 207 Å². The van der Waals surface area contributed by atoms with Crippen molar-refractivity contribution in [3.05, 3.63) is 65.2 Å². The Bertz CT molecular complexity index is 1070. The number of hydrogen-bond donors (Lipinski definition) is 2. The van der Waals surface area contributed by atoms with E-state index in [0.717, 1.165) is 37.9 Å². The normalized spacial score (nSPS) is 19.6. The number of carbonyl (C=O) groups is 3. The zero-order chi connectivity index (χ0) is 25.6. The molecule has 0 bridgehead atoms. The van der Waals surface area contributed by atoms with Crippen molar-refractivity contribution in [1.82, 2.24) is 10.2 Å². The van der Waals surface area contributed by atoms with Gasteiger partial charge in [-0.05, 0) is 68.6 Å². The van der Waals surface area contributed by atoms with Crippen molar-refractivity contribution in [1.29, 1.82) is 0 Å². The van der Waals surface area contributed by atoms with E-state index in [4.69, 9.17) is 4.74 Å². The molecular weight excluding hydrogens is 444 g/mol. The number of benzene rings is 2. The number of esters is 1. The molecule has 0 aliphatic carbocycles. The van der Waals surface area contributed by atoms with Crippen LogP contribution in [0, 0.1) is 5.92 Å². The minimum atomic E-state index is -1.13. The third kappa shape index (κ3) is 6.28. The third-order valence-electron chi connectivity index (χ3n) is 6.96. The highest BCUT2D eigenvalue weighted by atomic mass is 16.5. The molecule has 2 aromatic rings. The first kappa shape index (κ1) is 26.4. The highest BCUT2D eigenvalue weighted by molar-refractivity contribution is 6.06. The van der Waals surface area contributed by atoms with E-state index >= 15 is 0 Å². The summed E-state index contributed by atoms with van der Waals surface area (Å²) in [6.45, 7) is 7.65. The van der Waals surface area contributed by atoms with Crippen LogP contribution in [0.1, 0.15) is 72.7 Å². The van der Waals surface area contributed by atoms with Gasteiger partial charge in [-0.3, -0.25) is 4.79 Å². The van der Waals surface area contributed by atoms with Crippen molar-refractivity contribution in [3.8, 4) is 5.75 Å². The number of amides is 1. The molecule has 2 unspecified atom stereocenters. The van der Waals surface area contributed by atoms with Crippen molar-refractivity contribution in [2.24, 2.45) is 5.92 Å². The quantitative estimate of drug-likeness (QED) is 0.426. The fraction of sp³-hybridized carbons (Fsp3) is 0.464. The third-order valence-corrected chi connectivity index (χ3v) is 6.96. The van der Waals surface area contributed by atoms with E-state index in [1.165, 1.54) is 18.6 Å². The van der Waals surface area contributed by atoms with E-state index < -0.39 is 23.9 Å². The molecule has 2 N–H and O–H groups in total. The maximum atomic E-state index is 13.1. The molecule has 1 saturated heterocycles. The van der Waals surface area contributed by atoms with Crippen molar-refractivity contribution in [3.63, 3.8) is 0 Å². The van der Waals surface area contributed by atoms with Gasteiger partial charge in [-0.2, -0.15) is 0 Å². The number of carbonyl (C=O) groups excluding carboxylic acids is 2. The fourth-order valence-corrected chi connectivity index (χ4v) is 4.89. The molecule has 7 heteroatoms. The zero-order valence-electron chi connectivity index (χ0n) is 21.0. The smallest absolute Gasteiger partial charge is 0.344 e. The number of ether oxygens (including phenoxy) is 1. The molecule has 188 valence electrons. The van der Waals surface area contributed by atoms with Gasteiger partial charge >= 0.3 is 11.9 Å². The molecule has 1 amide bonds. The molecule has 0 spiro atoms. The van der Waals surface area contributed by atoms with Gasteiger partial charge in [0.25, 0.3) is 5.91 Å². The number of carboxylic acids is 1. The summed E-state index contributed by atoms with van der Waals surface area (Å²) in [6, 6.07) is 12.9. The zero-order valence-corrected chi connectivity index (χ0v) is 21.0. The summed E-state index contributed by atoms with van der Waals surface area (Å²) in [5.41, 5.74) is 1.30. The molecule has 7 nitrogen and oxygen atoms in total. The highest BCUT2D eigenvalue weighted by Crippen LogP contribution is 2.37. The second-order valence-electron chi connectivity index (χ2n) is 9.83. The first-order chi connectivity index (χ1) is 16.7. The largest absolute Gasteiger partial charge is 0.480 e. The number of likely N-dealkylation sites (tertiary alicyclic amines) is 1. The van der Waals surface area contributed by atoms with Gasteiger partial charge in [-0.15, -0.1) is 0 Å². The molecule has 1 aliphatic heterocycles. The number of aliphatic carboxylic acids is 1. The number of likely N-dealkylation sites (N-methyl/N-ethyl adjacent to an activating group) is 1. The predicted octanol–water partition coefficient (Wildman–Crippen LogP) is 4.51. The van der Waals surface area contributed by atoms with Crippen molar-refractivity contribution >= 4 is 17.8 Å². The Morgan fingerprint density at radius 3 is 2.46 bits per heavy atom. The van der Waals surface area contributed by atoms with Crippen LogP contribution in [0.3, 0.4) is 0 Å². The van der Waals surface area contributed by atoms with Crippen LogP contribution >= 0.6 is 0 Å². The molecule has 1 aliphatic rings. The standard InChI is InChI=1S/C28H36N2O5/c1-5-28(15-8-9-16-30(4)18-28)20-11-10-12-21(17-20)35-27(34)23-14-7-6-13-22(23)25(31)29-24(19(2)3)26(32)33/h6-7,10-14,17,19,24H,5,8-9,15-16,18H2,1-4H3,(H,29,31)(H,32,33). The van der Waals surface area contributed by atoms with Gasteiger partial charge in [-0.25, -0.2) is 9.59 Å². The van der Waals surface area contributed by atoms with E-state index in [0.29, 0.717) is 5.75 Å². The Morgan fingerprint density at radius 2 is 1.80 bits per heavy atom. The van der Waals surface area contributed by atoms with Gasteiger partial charge in [0, 0.05) is 12.0 Å². The number of hydrogen-bond acceptors (Lipinski definition) is 5. The Balaban J connectivity index is 1.84. The van der Waals surface area contributed by atoms with E-state index in [2.05, 4.69) is 30.3 Å². The summed E-state index contributed by atoms with van der Waals surface area (Å²) >= 11 is 0. The highest BCUT2D eigenvalue weighted by Gasteiger charge is 2.33. The summed E-state index contributed by atoms with van der Waals surface area (Å²) in [5.74, 6) is -2.30. The van der Waals surface area contributed by atoms with Crippen LogP contribution in [0.15, 0.2) is 48.5 Å². The predicted molar refractivity (Wildman–Crippen MR) is 135 cm³/mol. The molecule has 1 fully saturated rings. The molecule has 0 aromatic heterocycles. The van der Waals surface area contributed by atoms with Crippen LogP contribution in [-0.2, 0) is 10.2 Å². The molecule has 3 rings (SSSR count). The maximum Gasteiger partial charge on any atom is 0.344 e. The average Bonchev–Trinajstić information content (AvgIpc) is 3.04. The fourth-order valence-electron chi connectivity index (χ4n) is 4.89. The van der Waals surface area contributed by atoms with Gasteiger partial charge in [0.2, 0.25) is 0 Å². The van der Waals surface area contributed by atoms with Crippen molar-refractivity contribution < 1.29 is 24.2 Å².